The molecule has 0 aliphatic rings. The third-order valence-electron chi connectivity index (χ3n) is 2.94. The van der Waals surface area contributed by atoms with Crippen LogP contribution in [0.4, 0.5) is 10.5 Å². The van der Waals surface area contributed by atoms with E-state index in [4.69, 9.17) is 21.1 Å². The Morgan fingerprint density at radius 2 is 2.04 bits per heavy atom. The molecule has 0 spiro atoms. The Morgan fingerprint density at radius 1 is 1.22 bits per heavy atom. The van der Waals surface area contributed by atoms with Crippen molar-refractivity contribution in [3.05, 3.63) is 53.2 Å². The Labute approximate surface area is 139 Å². The number of benzene rings is 1. The Morgan fingerprint density at radius 3 is 2.83 bits per heavy atom. The first-order chi connectivity index (χ1) is 11.2. The lowest BCUT2D eigenvalue weighted by molar-refractivity contribution is 0.144. The van der Waals surface area contributed by atoms with Gasteiger partial charge in [-0.05, 0) is 23.8 Å². The molecule has 0 aliphatic heterocycles. The minimum absolute atomic E-state index is 0.325. The first-order valence-corrected chi connectivity index (χ1v) is 7.43. The van der Waals surface area contributed by atoms with E-state index < -0.39 is 0 Å². The molecule has 6 nitrogen and oxygen atoms in total. The molecule has 7 heteroatoms. The molecule has 2 amide bonds. The smallest absolute Gasteiger partial charge is 0.319 e. The number of halogens is 1. The van der Waals surface area contributed by atoms with Crippen LogP contribution < -0.4 is 15.4 Å². The molecule has 122 valence electrons. The zero-order chi connectivity index (χ0) is 16.5. The van der Waals surface area contributed by atoms with Crippen LogP contribution in [0.3, 0.4) is 0 Å². The lowest BCUT2D eigenvalue weighted by atomic mass is 10.2. The van der Waals surface area contributed by atoms with Gasteiger partial charge in [-0.3, -0.25) is 0 Å². The fraction of sp³-hybridized carbons (Fsp3) is 0.250. The third kappa shape index (κ3) is 5.43. The summed E-state index contributed by atoms with van der Waals surface area (Å²) in [6.45, 7) is 1.11. The highest BCUT2D eigenvalue weighted by Gasteiger charge is 2.09. The number of ether oxygens (including phenoxy) is 2. The molecule has 0 atom stereocenters. The number of nitrogens with one attached hydrogen (secondary N) is 2. The van der Waals surface area contributed by atoms with E-state index in [0.717, 1.165) is 5.56 Å². The Bertz CT molecular complexity index is 652. The second-order valence-electron chi connectivity index (χ2n) is 4.60. The number of carbonyl (C=O) groups is 1. The zero-order valence-electron chi connectivity index (χ0n) is 12.7. The predicted octanol–water partition coefficient (Wildman–Crippen LogP) is 3.08. The summed E-state index contributed by atoms with van der Waals surface area (Å²) in [5, 5.41) is 6.05. The number of carbonyl (C=O) groups excluding carboxylic acids is 1. The minimum atomic E-state index is -0.366. The van der Waals surface area contributed by atoms with Crippen molar-refractivity contribution < 1.29 is 14.3 Å². The molecule has 1 aromatic heterocycles. The van der Waals surface area contributed by atoms with Crippen molar-refractivity contribution in [2.45, 2.75) is 6.54 Å². The van der Waals surface area contributed by atoms with Crippen molar-refractivity contribution in [3.63, 3.8) is 0 Å². The van der Waals surface area contributed by atoms with Crippen LogP contribution in [0.15, 0.2) is 42.6 Å². The highest BCUT2D eigenvalue weighted by molar-refractivity contribution is 6.31. The van der Waals surface area contributed by atoms with E-state index in [1.807, 2.05) is 18.2 Å². The minimum Gasteiger partial charge on any atom is -0.474 e. The maximum absolute atomic E-state index is 12.0. The number of nitrogens with zero attached hydrogens (tertiary/aromatic N) is 1. The summed E-state index contributed by atoms with van der Waals surface area (Å²) < 4.78 is 10.4. The summed E-state index contributed by atoms with van der Waals surface area (Å²) in [6.07, 6.45) is 1.59. The molecule has 0 aliphatic carbocycles. The van der Waals surface area contributed by atoms with Crippen LogP contribution in [0.1, 0.15) is 5.56 Å². The lowest BCUT2D eigenvalue weighted by Gasteiger charge is -2.12. The SMILES string of the molecule is COCCOc1ncccc1NC(=O)NCc1ccccc1Cl. The van der Waals surface area contributed by atoms with Gasteiger partial charge in [0.15, 0.2) is 0 Å². The summed E-state index contributed by atoms with van der Waals surface area (Å²) in [5.74, 6) is 0.345. The second-order valence-corrected chi connectivity index (χ2v) is 5.00. The summed E-state index contributed by atoms with van der Waals surface area (Å²) in [4.78, 5) is 16.1. The maximum Gasteiger partial charge on any atom is 0.319 e. The normalized spacial score (nSPS) is 10.2. The van der Waals surface area contributed by atoms with Gasteiger partial charge in [0.2, 0.25) is 5.88 Å². The predicted molar refractivity (Wildman–Crippen MR) is 88.9 cm³/mol. The standard InChI is InChI=1S/C16H18ClN3O3/c1-22-9-10-23-15-14(7-4-8-18-15)20-16(21)19-11-12-5-2-3-6-13(12)17/h2-8H,9-11H2,1H3,(H2,19,20,21). The van der Waals surface area contributed by atoms with Crippen molar-refractivity contribution in [2.75, 3.05) is 25.6 Å². The van der Waals surface area contributed by atoms with Gasteiger partial charge in [-0.25, -0.2) is 9.78 Å². The van der Waals surface area contributed by atoms with Crippen LogP contribution in [0.2, 0.25) is 5.02 Å². The van der Waals surface area contributed by atoms with Crippen LogP contribution in [-0.4, -0.2) is 31.3 Å². The van der Waals surface area contributed by atoms with Gasteiger partial charge in [0, 0.05) is 24.9 Å². The number of urea groups is 1. The largest absolute Gasteiger partial charge is 0.474 e. The van der Waals surface area contributed by atoms with Crippen molar-refractivity contribution in [1.82, 2.24) is 10.3 Å². The first kappa shape index (κ1) is 17.1. The topological polar surface area (TPSA) is 72.5 Å². The Balaban J connectivity index is 1.91. The van der Waals surface area contributed by atoms with Gasteiger partial charge in [0.05, 0.1) is 6.61 Å². The summed E-state index contributed by atoms with van der Waals surface area (Å²) in [5.41, 5.74) is 1.33. The lowest BCUT2D eigenvalue weighted by Crippen LogP contribution is -2.28. The van der Waals surface area contributed by atoms with Crippen molar-refractivity contribution in [3.8, 4) is 5.88 Å². The van der Waals surface area contributed by atoms with Gasteiger partial charge in [-0.2, -0.15) is 0 Å². The van der Waals surface area contributed by atoms with E-state index in [2.05, 4.69) is 15.6 Å². The molecule has 0 bridgehead atoms. The van der Waals surface area contributed by atoms with E-state index in [1.54, 1.807) is 31.5 Å². The van der Waals surface area contributed by atoms with E-state index in [0.29, 0.717) is 36.3 Å². The average molecular weight is 336 g/mol. The molecule has 1 heterocycles. The van der Waals surface area contributed by atoms with Gasteiger partial charge < -0.3 is 20.1 Å². The molecule has 0 fully saturated rings. The van der Waals surface area contributed by atoms with Crippen molar-refractivity contribution >= 4 is 23.3 Å². The number of pyridine rings is 1. The number of aromatic nitrogens is 1. The van der Waals surface area contributed by atoms with E-state index in [-0.39, 0.29) is 6.03 Å². The Hall–Kier alpha value is -2.31. The van der Waals surface area contributed by atoms with Gasteiger partial charge in [-0.15, -0.1) is 0 Å². The number of amides is 2. The van der Waals surface area contributed by atoms with E-state index in [1.165, 1.54) is 0 Å². The monoisotopic (exact) mass is 335 g/mol. The molecular weight excluding hydrogens is 318 g/mol. The molecule has 23 heavy (non-hydrogen) atoms. The van der Waals surface area contributed by atoms with Gasteiger partial charge in [0.25, 0.3) is 0 Å². The second kappa shape index (κ2) is 8.97. The van der Waals surface area contributed by atoms with Crippen LogP contribution in [-0.2, 0) is 11.3 Å². The summed E-state index contributed by atoms with van der Waals surface area (Å²) in [6, 6.07) is 10.4. The zero-order valence-corrected chi connectivity index (χ0v) is 13.5. The van der Waals surface area contributed by atoms with Gasteiger partial charge >= 0.3 is 6.03 Å². The maximum atomic E-state index is 12.0. The molecule has 2 N–H and O–H groups in total. The fourth-order valence-corrected chi connectivity index (χ4v) is 2.01. The highest BCUT2D eigenvalue weighted by Crippen LogP contribution is 2.20. The Kier molecular flexibility index (Phi) is 6.65. The molecular formula is C16H18ClN3O3. The third-order valence-corrected chi connectivity index (χ3v) is 3.31. The summed E-state index contributed by atoms with van der Waals surface area (Å²) >= 11 is 6.05. The van der Waals surface area contributed by atoms with Crippen LogP contribution in [0.5, 0.6) is 5.88 Å². The molecule has 0 saturated carbocycles. The molecule has 1 aromatic carbocycles. The van der Waals surface area contributed by atoms with Crippen LogP contribution in [0.25, 0.3) is 0 Å². The van der Waals surface area contributed by atoms with Gasteiger partial charge in [-0.1, -0.05) is 29.8 Å². The number of rotatable bonds is 7. The van der Waals surface area contributed by atoms with E-state index in [9.17, 15) is 4.79 Å². The van der Waals surface area contributed by atoms with Crippen LogP contribution in [0, 0.1) is 0 Å². The molecule has 2 aromatic rings. The number of hydrogen-bond acceptors (Lipinski definition) is 4. The first-order valence-electron chi connectivity index (χ1n) is 7.05. The van der Waals surface area contributed by atoms with Crippen molar-refractivity contribution in [1.29, 1.82) is 0 Å². The number of hydrogen-bond donors (Lipinski definition) is 2. The molecule has 0 saturated heterocycles. The molecule has 0 unspecified atom stereocenters. The van der Waals surface area contributed by atoms with E-state index >= 15 is 0 Å². The van der Waals surface area contributed by atoms with Crippen LogP contribution >= 0.6 is 11.6 Å². The van der Waals surface area contributed by atoms with Crippen molar-refractivity contribution in [2.24, 2.45) is 0 Å². The highest BCUT2D eigenvalue weighted by atomic mass is 35.5. The fourth-order valence-electron chi connectivity index (χ4n) is 1.81. The number of methoxy groups -OCH3 is 1. The quantitative estimate of drug-likeness (QED) is 0.763. The molecule has 0 radical (unpaired) electrons. The summed E-state index contributed by atoms with van der Waals surface area (Å²) in [7, 11) is 1.59. The average Bonchev–Trinajstić information content (AvgIpc) is 2.56. The van der Waals surface area contributed by atoms with Gasteiger partial charge in [0.1, 0.15) is 12.3 Å². The molecule has 2 rings (SSSR count). The number of anilines is 1.